The van der Waals surface area contributed by atoms with Crippen LogP contribution in [0.1, 0.15) is 24.3 Å². The highest BCUT2D eigenvalue weighted by atomic mass is 35.5. The summed E-state index contributed by atoms with van der Waals surface area (Å²) in [4.78, 5) is 54.7. The number of nitrogens with zero attached hydrogens (tertiary/aromatic N) is 2. The van der Waals surface area contributed by atoms with Crippen molar-refractivity contribution in [1.29, 1.82) is 0 Å². The summed E-state index contributed by atoms with van der Waals surface area (Å²) in [5.41, 5.74) is 1.24. The standard InChI is InChI=1S/C36H24Cl3FN2O5/c37-19-6-10-21(11-7-19)41-31(44)25-16-15-24-27(28(25)32(41)45)17-35(38)33(46)42(22-12-8-20(40)9-13-22)34(47)36(35,39)29(24)26-14-5-18-3-1-2-4-23(18)30(26)43/h1-15,25,27-29,43H,16-17H2/t25-,27+,28-,29+,35+,36-/m0/s1. The van der Waals surface area contributed by atoms with Crippen molar-refractivity contribution in [2.24, 2.45) is 17.8 Å². The predicted molar refractivity (Wildman–Crippen MR) is 176 cm³/mol. The van der Waals surface area contributed by atoms with Gasteiger partial charge in [-0.1, -0.05) is 59.6 Å². The number of fused-ring (bicyclic) bond motifs is 5. The summed E-state index contributed by atoms with van der Waals surface area (Å²) < 4.78 is 13.9. The zero-order valence-electron chi connectivity index (χ0n) is 24.4. The molecule has 8 rings (SSSR count). The molecular formula is C36H24Cl3FN2O5. The molecule has 0 unspecified atom stereocenters. The molecule has 47 heavy (non-hydrogen) atoms. The van der Waals surface area contributed by atoms with Crippen molar-refractivity contribution in [3.8, 4) is 5.75 Å². The quantitative estimate of drug-likeness (QED) is 0.141. The van der Waals surface area contributed by atoms with Gasteiger partial charge in [-0.05, 0) is 72.7 Å². The summed E-state index contributed by atoms with van der Waals surface area (Å²) in [6.45, 7) is 0. The average molecular weight is 690 g/mol. The first kappa shape index (κ1) is 30.1. The molecule has 4 amide bonds. The van der Waals surface area contributed by atoms with E-state index in [1.54, 1.807) is 54.6 Å². The van der Waals surface area contributed by atoms with Gasteiger partial charge in [0.1, 0.15) is 11.6 Å². The largest absolute Gasteiger partial charge is 0.507 e. The molecule has 6 atom stereocenters. The molecule has 4 aliphatic rings. The van der Waals surface area contributed by atoms with E-state index in [0.29, 0.717) is 21.7 Å². The molecule has 11 heteroatoms. The number of benzene rings is 4. The molecule has 236 valence electrons. The molecular weight excluding hydrogens is 666 g/mol. The van der Waals surface area contributed by atoms with Crippen LogP contribution in [0.25, 0.3) is 10.8 Å². The Morgan fingerprint density at radius 2 is 1.43 bits per heavy atom. The van der Waals surface area contributed by atoms with E-state index in [9.17, 15) is 28.7 Å². The van der Waals surface area contributed by atoms with Gasteiger partial charge in [0.15, 0.2) is 9.75 Å². The number of allylic oxidation sites excluding steroid dienone is 2. The second-order valence-corrected chi connectivity index (χ2v) is 14.1. The van der Waals surface area contributed by atoms with E-state index in [1.165, 1.54) is 12.1 Å². The number of carbonyl (C=O) groups excluding carboxylic acids is 4. The lowest BCUT2D eigenvalue weighted by atomic mass is 9.56. The molecule has 0 bridgehead atoms. The van der Waals surface area contributed by atoms with Crippen LogP contribution in [0.3, 0.4) is 0 Å². The lowest BCUT2D eigenvalue weighted by Gasteiger charge is -2.50. The van der Waals surface area contributed by atoms with Crippen LogP contribution >= 0.6 is 34.8 Å². The fourth-order valence-corrected chi connectivity index (χ4v) is 9.15. The maximum atomic E-state index is 14.6. The lowest BCUT2D eigenvalue weighted by molar-refractivity contribution is -0.125. The number of halogens is 4. The van der Waals surface area contributed by atoms with E-state index in [1.807, 2.05) is 12.1 Å². The van der Waals surface area contributed by atoms with Gasteiger partial charge in [0.2, 0.25) is 11.8 Å². The number of alkyl halides is 2. The molecule has 1 N–H and O–H groups in total. The topological polar surface area (TPSA) is 95.0 Å². The number of rotatable bonds is 3. The van der Waals surface area contributed by atoms with Crippen LogP contribution in [0.15, 0.2) is 96.6 Å². The Morgan fingerprint density at radius 1 is 0.766 bits per heavy atom. The van der Waals surface area contributed by atoms with Crippen LogP contribution in [0, 0.1) is 23.6 Å². The van der Waals surface area contributed by atoms with E-state index in [4.69, 9.17) is 34.8 Å². The van der Waals surface area contributed by atoms with Crippen LogP contribution in [0.4, 0.5) is 15.8 Å². The van der Waals surface area contributed by atoms with Crippen molar-refractivity contribution in [2.75, 3.05) is 9.80 Å². The number of carbonyl (C=O) groups is 4. The lowest BCUT2D eigenvalue weighted by Crippen LogP contribution is -2.60. The van der Waals surface area contributed by atoms with Crippen LogP contribution in [0.2, 0.25) is 5.02 Å². The summed E-state index contributed by atoms with van der Waals surface area (Å²) in [5.74, 6) is -6.85. The first-order chi connectivity index (χ1) is 22.5. The van der Waals surface area contributed by atoms with Gasteiger partial charge in [-0.15, -0.1) is 23.2 Å². The first-order valence-corrected chi connectivity index (χ1v) is 16.2. The van der Waals surface area contributed by atoms with Crippen molar-refractivity contribution in [2.45, 2.75) is 28.5 Å². The Bertz CT molecular complexity index is 2090. The van der Waals surface area contributed by atoms with Gasteiger partial charge in [0.05, 0.1) is 23.2 Å². The molecule has 4 aromatic carbocycles. The molecule has 2 aliphatic carbocycles. The second-order valence-electron chi connectivity index (χ2n) is 12.5. The molecule has 2 aliphatic heterocycles. The van der Waals surface area contributed by atoms with Crippen molar-refractivity contribution < 1.29 is 28.7 Å². The Hall–Kier alpha value is -4.24. The van der Waals surface area contributed by atoms with Gasteiger partial charge in [0.25, 0.3) is 11.8 Å². The Morgan fingerprint density at radius 3 is 2.15 bits per heavy atom. The zero-order valence-corrected chi connectivity index (χ0v) is 26.6. The Kier molecular flexibility index (Phi) is 6.65. The summed E-state index contributed by atoms with van der Waals surface area (Å²) >= 11 is 20.9. The van der Waals surface area contributed by atoms with Crippen molar-refractivity contribution in [3.63, 3.8) is 0 Å². The number of imide groups is 2. The van der Waals surface area contributed by atoms with E-state index >= 15 is 0 Å². The number of aromatic hydroxyl groups is 1. The van der Waals surface area contributed by atoms with Crippen molar-refractivity contribution >= 4 is 80.6 Å². The first-order valence-electron chi connectivity index (χ1n) is 15.0. The smallest absolute Gasteiger partial charge is 0.258 e. The van der Waals surface area contributed by atoms with Gasteiger partial charge in [-0.25, -0.2) is 9.29 Å². The maximum absolute atomic E-state index is 14.6. The molecule has 0 spiro atoms. The molecule has 3 fully saturated rings. The maximum Gasteiger partial charge on any atom is 0.258 e. The van der Waals surface area contributed by atoms with E-state index in [-0.39, 0.29) is 29.8 Å². The zero-order chi connectivity index (χ0) is 33.0. The number of amides is 4. The monoisotopic (exact) mass is 688 g/mol. The highest BCUT2D eigenvalue weighted by Gasteiger charge is 2.77. The van der Waals surface area contributed by atoms with Crippen LogP contribution < -0.4 is 9.80 Å². The Balaban J connectivity index is 1.33. The number of hydrogen-bond donors (Lipinski definition) is 1. The minimum atomic E-state index is -2.16. The van der Waals surface area contributed by atoms with Gasteiger partial charge < -0.3 is 5.11 Å². The fourth-order valence-electron chi connectivity index (χ4n) is 8.09. The van der Waals surface area contributed by atoms with E-state index in [2.05, 4.69) is 0 Å². The molecule has 1 saturated carbocycles. The molecule has 7 nitrogen and oxygen atoms in total. The Labute approximate surface area is 283 Å². The third kappa shape index (κ3) is 3.98. The fraction of sp³-hybridized carbons (Fsp3) is 0.222. The predicted octanol–water partition coefficient (Wildman–Crippen LogP) is 7.11. The van der Waals surface area contributed by atoms with Crippen LogP contribution in [0.5, 0.6) is 5.75 Å². The van der Waals surface area contributed by atoms with Gasteiger partial charge in [0, 0.05) is 21.9 Å². The normalized spacial score (nSPS) is 30.0. The SMILES string of the molecule is O=C1[C@H]2[C@H](CC=C3[C@H]2C[C@@]2(Cl)C(=O)N(c4ccc(F)cc4)C(=O)[C@@]2(Cl)[C@H]3c2ccc3ccccc3c2O)C(=O)N1c1ccc(Cl)cc1. The van der Waals surface area contributed by atoms with E-state index < -0.39 is 62.9 Å². The molecule has 2 heterocycles. The summed E-state index contributed by atoms with van der Waals surface area (Å²) in [6.07, 6.45) is 1.74. The molecule has 2 saturated heterocycles. The average Bonchev–Trinajstić information content (AvgIpc) is 3.40. The van der Waals surface area contributed by atoms with E-state index in [0.717, 1.165) is 27.3 Å². The highest BCUT2D eigenvalue weighted by Crippen LogP contribution is 2.66. The van der Waals surface area contributed by atoms with Gasteiger partial charge in [-0.3, -0.25) is 24.1 Å². The molecule has 0 radical (unpaired) electrons. The highest BCUT2D eigenvalue weighted by molar-refractivity contribution is 6.58. The molecule has 4 aromatic rings. The number of phenolic OH excluding ortho intramolecular Hbond substituents is 1. The second kappa shape index (κ2) is 10.4. The van der Waals surface area contributed by atoms with Crippen molar-refractivity contribution in [1.82, 2.24) is 0 Å². The third-order valence-corrected chi connectivity index (χ3v) is 11.9. The van der Waals surface area contributed by atoms with Crippen LogP contribution in [-0.2, 0) is 19.2 Å². The van der Waals surface area contributed by atoms with Crippen molar-refractivity contribution in [3.05, 3.63) is 113 Å². The minimum Gasteiger partial charge on any atom is -0.507 e. The number of phenols is 1. The summed E-state index contributed by atoms with van der Waals surface area (Å²) in [7, 11) is 0. The molecule has 0 aromatic heterocycles. The number of anilines is 2. The third-order valence-electron chi connectivity index (χ3n) is 10.2. The summed E-state index contributed by atoms with van der Waals surface area (Å²) in [6, 6.07) is 21.7. The van der Waals surface area contributed by atoms with Gasteiger partial charge in [-0.2, -0.15) is 0 Å². The minimum absolute atomic E-state index is 0.0770. The number of hydrogen-bond acceptors (Lipinski definition) is 5. The van der Waals surface area contributed by atoms with Gasteiger partial charge >= 0.3 is 0 Å². The van der Waals surface area contributed by atoms with Crippen LogP contribution in [-0.4, -0.2) is 38.5 Å². The summed E-state index contributed by atoms with van der Waals surface area (Å²) in [5, 5.41) is 13.4.